The molecule has 28 heavy (non-hydrogen) atoms. The number of sulfonamides is 1. The second-order valence-electron chi connectivity index (χ2n) is 6.20. The minimum absolute atomic E-state index is 0.314. The van der Waals surface area contributed by atoms with Crippen molar-refractivity contribution in [2.24, 2.45) is 0 Å². The molecule has 9 heteroatoms. The van der Waals surface area contributed by atoms with E-state index in [2.05, 4.69) is 0 Å². The molecule has 0 aliphatic carbocycles. The number of nitrogens with zero attached hydrogens (tertiary/aromatic N) is 2. The SMILES string of the molecule is CCc1cccc(CC)c1N(C(C)C(=O)O)S(=O)(=O)c1cccc([N+](=O)[O-])c1. The molecule has 8 nitrogen and oxygen atoms in total. The second-order valence-corrected chi connectivity index (χ2v) is 8.02. The van der Waals surface area contributed by atoms with Gasteiger partial charge in [-0.25, -0.2) is 13.2 Å². The summed E-state index contributed by atoms with van der Waals surface area (Å²) < 4.78 is 27.7. The number of nitro benzene ring substituents is 1. The van der Waals surface area contributed by atoms with Crippen LogP contribution in [0.15, 0.2) is 47.4 Å². The van der Waals surface area contributed by atoms with Crippen molar-refractivity contribution in [2.45, 2.75) is 44.6 Å². The van der Waals surface area contributed by atoms with E-state index in [1.165, 1.54) is 25.1 Å². The largest absolute Gasteiger partial charge is 0.480 e. The van der Waals surface area contributed by atoms with Crippen LogP contribution in [0, 0.1) is 10.1 Å². The van der Waals surface area contributed by atoms with Crippen LogP contribution in [-0.2, 0) is 27.7 Å². The Morgan fingerprint density at radius 3 is 2.14 bits per heavy atom. The molecule has 0 aliphatic rings. The summed E-state index contributed by atoms with van der Waals surface area (Å²) in [5.41, 5.74) is 1.29. The number of hydrogen-bond acceptors (Lipinski definition) is 5. The molecule has 0 fully saturated rings. The Hall–Kier alpha value is -2.94. The predicted octanol–water partition coefficient (Wildman–Crippen LogP) is 3.39. The quantitative estimate of drug-likeness (QED) is 0.530. The van der Waals surface area contributed by atoms with Gasteiger partial charge in [0.15, 0.2) is 0 Å². The van der Waals surface area contributed by atoms with Crippen molar-refractivity contribution >= 4 is 27.4 Å². The monoisotopic (exact) mass is 406 g/mol. The smallest absolute Gasteiger partial charge is 0.327 e. The van der Waals surface area contributed by atoms with Crippen molar-refractivity contribution in [3.8, 4) is 0 Å². The molecular formula is C19H22N2O6S. The van der Waals surface area contributed by atoms with E-state index in [1.807, 2.05) is 13.8 Å². The van der Waals surface area contributed by atoms with Crippen LogP contribution in [0.3, 0.4) is 0 Å². The second kappa shape index (κ2) is 8.39. The van der Waals surface area contributed by atoms with E-state index in [-0.39, 0.29) is 10.6 Å². The van der Waals surface area contributed by atoms with Crippen molar-refractivity contribution in [2.75, 3.05) is 4.31 Å². The first kappa shape index (κ1) is 21.4. The molecule has 1 N–H and O–H groups in total. The highest BCUT2D eigenvalue weighted by Gasteiger charge is 2.36. The van der Waals surface area contributed by atoms with E-state index in [4.69, 9.17) is 0 Å². The lowest BCUT2D eigenvalue weighted by Gasteiger charge is -2.31. The Kier molecular flexibility index (Phi) is 6.40. The van der Waals surface area contributed by atoms with Crippen LogP contribution in [0.1, 0.15) is 31.9 Å². The van der Waals surface area contributed by atoms with Crippen molar-refractivity contribution in [3.05, 3.63) is 63.7 Å². The van der Waals surface area contributed by atoms with Crippen molar-refractivity contribution < 1.29 is 23.2 Å². The van der Waals surface area contributed by atoms with Gasteiger partial charge in [-0.1, -0.05) is 38.1 Å². The number of benzene rings is 2. The number of carboxylic acid groups (broad SMARTS) is 1. The van der Waals surface area contributed by atoms with Gasteiger partial charge in [0.25, 0.3) is 15.7 Å². The van der Waals surface area contributed by atoms with Crippen molar-refractivity contribution in [3.63, 3.8) is 0 Å². The third-order valence-electron chi connectivity index (χ3n) is 4.48. The van der Waals surface area contributed by atoms with Gasteiger partial charge in [-0.05, 0) is 37.0 Å². The zero-order chi connectivity index (χ0) is 21.1. The maximum Gasteiger partial charge on any atom is 0.327 e. The molecule has 0 saturated heterocycles. The number of carbonyl (C=O) groups is 1. The standard InChI is InChI=1S/C19H22N2O6S/c1-4-14-8-6-9-15(5-2)18(14)20(13(3)19(22)23)28(26,27)17-11-7-10-16(12-17)21(24)25/h6-13H,4-5H2,1-3H3,(H,22,23). The molecule has 0 heterocycles. The zero-order valence-electron chi connectivity index (χ0n) is 15.8. The van der Waals surface area contributed by atoms with Crippen LogP contribution in [0.5, 0.6) is 0 Å². The predicted molar refractivity (Wildman–Crippen MR) is 105 cm³/mol. The normalized spacial score (nSPS) is 12.4. The molecule has 0 bridgehead atoms. The number of hydrogen-bond donors (Lipinski definition) is 1. The average molecular weight is 406 g/mol. The minimum Gasteiger partial charge on any atom is -0.480 e. The van der Waals surface area contributed by atoms with Gasteiger partial charge in [0.2, 0.25) is 0 Å². The minimum atomic E-state index is -4.37. The summed E-state index contributed by atoms with van der Waals surface area (Å²) in [6.07, 6.45) is 0.993. The Morgan fingerprint density at radius 2 is 1.68 bits per heavy atom. The highest BCUT2D eigenvalue weighted by Crippen LogP contribution is 2.34. The number of non-ortho nitro benzene ring substituents is 1. The summed E-state index contributed by atoms with van der Waals surface area (Å²) in [7, 11) is -4.37. The van der Waals surface area contributed by atoms with Crippen molar-refractivity contribution in [1.29, 1.82) is 0 Å². The maximum atomic E-state index is 13.4. The Labute approximate surface area is 163 Å². The number of para-hydroxylation sites is 1. The first-order valence-corrected chi connectivity index (χ1v) is 10.2. The fourth-order valence-corrected chi connectivity index (χ4v) is 4.72. The molecular weight excluding hydrogens is 384 g/mol. The van der Waals surface area contributed by atoms with E-state index in [1.54, 1.807) is 18.2 Å². The first-order valence-electron chi connectivity index (χ1n) is 8.77. The van der Waals surface area contributed by atoms with E-state index >= 15 is 0 Å². The molecule has 2 aromatic rings. The maximum absolute atomic E-state index is 13.4. The van der Waals surface area contributed by atoms with Gasteiger partial charge in [0.1, 0.15) is 6.04 Å². The lowest BCUT2D eigenvalue weighted by atomic mass is 10.0. The molecule has 0 saturated carbocycles. The first-order chi connectivity index (χ1) is 13.1. The lowest BCUT2D eigenvalue weighted by Crippen LogP contribution is -2.44. The van der Waals surface area contributed by atoms with Crippen LogP contribution in [0.4, 0.5) is 11.4 Å². The highest BCUT2D eigenvalue weighted by molar-refractivity contribution is 7.93. The average Bonchev–Trinajstić information content (AvgIpc) is 2.67. The van der Waals surface area contributed by atoms with Gasteiger partial charge in [-0.3, -0.25) is 14.4 Å². The van der Waals surface area contributed by atoms with Gasteiger partial charge in [0.05, 0.1) is 15.5 Å². The number of carboxylic acids is 1. The molecule has 0 aliphatic heterocycles. The molecule has 2 aromatic carbocycles. The van der Waals surface area contributed by atoms with Crippen LogP contribution >= 0.6 is 0 Å². The van der Waals surface area contributed by atoms with Crippen LogP contribution in [-0.4, -0.2) is 30.5 Å². The fourth-order valence-electron chi connectivity index (χ4n) is 2.99. The molecule has 150 valence electrons. The van der Waals surface area contributed by atoms with E-state index in [9.17, 15) is 28.4 Å². The lowest BCUT2D eigenvalue weighted by molar-refractivity contribution is -0.385. The van der Waals surface area contributed by atoms with Gasteiger partial charge in [0, 0.05) is 12.1 Å². The summed E-state index contributed by atoms with van der Waals surface area (Å²) in [6.45, 7) is 4.98. The molecule has 0 radical (unpaired) electrons. The summed E-state index contributed by atoms with van der Waals surface area (Å²) >= 11 is 0. The van der Waals surface area contributed by atoms with Gasteiger partial charge in [-0.2, -0.15) is 0 Å². The number of aryl methyl sites for hydroxylation is 2. The third-order valence-corrected chi connectivity index (χ3v) is 6.35. The number of anilines is 1. The van der Waals surface area contributed by atoms with E-state index in [0.717, 1.165) is 10.4 Å². The van der Waals surface area contributed by atoms with Gasteiger partial charge >= 0.3 is 5.97 Å². The Bertz CT molecular complexity index is 981. The molecule has 1 unspecified atom stereocenters. The molecule has 1 atom stereocenters. The molecule has 0 amide bonds. The number of nitro groups is 1. The summed E-state index contributed by atoms with van der Waals surface area (Å²) in [6, 6.07) is 8.51. The third kappa shape index (κ3) is 3.99. The molecule has 0 spiro atoms. The Balaban J connectivity index is 2.81. The fraction of sp³-hybridized carbons (Fsp3) is 0.316. The topological polar surface area (TPSA) is 118 Å². The zero-order valence-corrected chi connectivity index (χ0v) is 16.6. The summed E-state index contributed by atoms with van der Waals surface area (Å²) in [5.74, 6) is -1.32. The van der Waals surface area contributed by atoms with Gasteiger partial charge < -0.3 is 5.11 Å². The molecule has 0 aromatic heterocycles. The van der Waals surface area contributed by atoms with Crippen LogP contribution in [0.2, 0.25) is 0 Å². The number of rotatable bonds is 8. The van der Waals surface area contributed by atoms with E-state index in [0.29, 0.717) is 29.7 Å². The number of aliphatic carboxylic acids is 1. The van der Waals surface area contributed by atoms with Crippen LogP contribution < -0.4 is 4.31 Å². The van der Waals surface area contributed by atoms with Crippen LogP contribution in [0.25, 0.3) is 0 Å². The highest BCUT2D eigenvalue weighted by atomic mass is 32.2. The van der Waals surface area contributed by atoms with Crippen molar-refractivity contribution in [1.82, 2.24) is 0 Å². The molecule has 2 rings (SSSR count). The van der Waals surface area contributed by atoms with Gasteiger partial charge in [-0.15, -0.1) is 0 Å². The van der Waals surface area contributed by atoms with E-state index < -0.39 is 27.0 Å². The summed E-state index contributed by atoms with van der Waals surface area (Å²) in [5, 5.41) is 20.6. The summed E-state index contributed by atoms with van der Waals surface area (Å²) in [4.78, 5) is 21.8. The Morgan fingerprint density at radius 1 is 1.14 bits per heavy atom.